The van der Waals surface area contributed by atoms with Crippen molar-refractivity contribution in [1.82, 2.24) is 10.2 Å². The molecule has 1 aromatic rings. The Balaban J connectivity index is 2.42. The Morgan fingerprint density at radius 1 is 1.35 bits per heavy atom. The summed E-state index contributed by atoms with van der Waals surface area (Å²) in [5.74, 6) is -0.981. The van der Waals surface area contributed by atoms with E-state index in [2.05, 4.69) is 11.9 Å². The summed E-state index contributed by atoms with van der Waals surface area (Å²) in [6.45, 7) is 3.80. The number of nitrogens with two attached hydrogens (primary N) is 1. The maximum absolute atomic E-state index is 12.3. The lowest BCUT2D eigenvalue weighted by atomic mass is 10.1. The fourth-order valence-corrected chi connectivity index (χ4v) is 2.04. The molecular formula is C14H13N3O2S. The Labute approximate surface area is 121 Å². The standard InChI is InChI=1S/C14H13N3O2S/c1-2-7-17-13(19)10(12(18)16-14(17)20)8-9-5-3-4-6-11(9)15/h2-6,8H,1,7,15H2,(H,16,18,20)/b10-8+. The number of carbonyl (C=O) groups is 2. The maximum atomic E-state index is 12.3. The second-order valence-electron chi connectivity index (χ2n) is 4.15. The highest BCUT2D eigenvalue weighted by atomic mass is 32.1. The van der Waals surface area contributed by atoms with E-state index in [-0.39, 0.29) is 17.2 Å². The van der Waals surface area contributed by atoms with Crippen molar-refractivity contribution >= 4 is 40.9 Å². The van der Waals surface area contributed by atoms with Gasteiger partial charge in [0.15, 0.2) is 5.11 Å². The van der Waals surface area contributed by atoms with E-state index in [1.807, 2.05) is 0 Å². The zero-order valence-electron chi connectivity index (χ0n) is 10.6. The van der Waals surface area contributed by atoms with Crippen LogP contribution in [0.5, 0.6) is 0 Å². The molecule has 102 valence electrons. The molecular weight excluding hydrogens is 274 g/mol. The van der Waals surface area contributed by atoms with E-state index in [9.17, 15) is 9.59 Å². The normalized spacial score (nSPS) is 17.3. The van der Waals surface area contributed by atoms with Crippen molar-refractivity contribution in [2.75, 3.05) is 12.3 Å². The zero-order chi connectivity index (χ0) is 14.7. The third kappa shape index (κ3) is 2.60. The molecule has 2 amide bonds. The van der Waals surface area contributed by atoms with Crippen molar-refractivity contribution in [3.05, 3.63) is 48.1 Å². The van der Waals surface area contributed by atoms with Crippen molar-refractivity contribution in [3.63, 3.8) is 0 Å². The highest BCUT2D eigenvalue weighted by Gasteiger charge is 2.32. The van der Waals surface area contributed by atoms with Crippen molar-refractivity contribution in [2.24, 2.45) is 0 Å². The molecule has 3 N–H and O–H groups in total. The summed E-state index contributed by atoms with van der Waals surface area (Å²) < 4.78 is 0. The van der Waals surface area contributed by atoms with Gasteiger partial charge in [-0.05, 0) is 29.9 Å². The number of anilines is 1. The molecule has 2 rings (SSSR count). The van der Waals surface area contributed by atoms with Crippen LogP contribution < -0.4 is 11.1 Å². The summed E-state index contributed by atoms with van der Waals surface area (Å²) in [4.78, 5) is 25.4. The summed E-state index contributed by atoms with van der Waals surface area (Å²) in [5, 5.41) is 2.56. The number of thiocarbonyl (C=S) groups is 1. The molecule has 6 heteroatoms. The van der Waals surface area contributed by atoms with Crippen LogP contribution in [0.4, 0.5) is 5.69 Å². The van der Waals surface area contributed by atoms with Gasteiger partial charge in [0.05, 0.1) is 0 Å². The molecule has 0 spiro atoms. The van der Waals surface area contributed by atoms with E-state index in [4.69, 9.17) is 18.0 Å². The highest BCUT2D eigenvalue weighted by Crippen LogP contribution is 2.18. The van der Waals surface area contributed by atoms with Crippen LogP contribution in [0.1, 0.15) is 5.56 Å². The molecule has 20 heavy (non-hydrogen) atoms. The van der Waals surface area contributed by atoms with Crippen LogP contribution in [0.25, 0.3) is 6.08 Å². The number of hydrogen-bond acceptors (Lipinski definition) is 4. The van der Waals surface area contributed by atoms with Gasteiger partial charge in [0.1, 0.15) is 5.57 Å². The van der Waals surface area contributed by atoms with Crippen LogP contribution in [-0.2, 0) is 9.59 Å². The first-order chi connectivity index (χ1) is 9.54. The molecule has 1 heterocycles. The molecule has 1 aromatic carbocycles. The van der Waals surface area contributed by atoms with Gasteiger partial charge in [0, 0.05) is 12.2 Å². The van der Waals surface area contributed by atoms with Crippen LogP contribution in [-0.4, -0.2) is 28.4 Å². The molecule has 1 aliphatic rings. The van der Waals surface area contributed by atoms with Crippen LogP contribution >= 0.6 is 12.2 Å². The van der Waals surface area contributed by atoms with E-state index in [1.165, 1.54) is 17.1 Å². The molecule has 0 unspecified atom stereocenters. The lowest BCUT2D eigenvalue weighted by molar-refractivity contribution is -0.128. The fraction of sp³-hybridized carbons (Fsp3) is 0.0714. The number of nitrogens with one attached hydrogen (secondary N) is 1. The Morgan fingerprint density at radius 3 is 2.70 bits per heavy atom. The lowest BCUT2D eigenvalue weighted by Gasteiger charge is -2.27. The minimum absolute atomic E-state index is 0.00153. The van der Waals surface area contributed by atoms with Gasteiger partial charge in [-0.1, -0.05) is 24.3 Å². The summed E-state index contributed by atoms with van der Waals surface area (Å²) in [6.07, 6.45) is 3.00. The minimum atomic E-state index is -0.524. The summed E-state index contributed by atoms with van der Waals surface area (Å²) in [6, 6.07) is 6.98. The third-order valence-corrected chi connectivity index (χ3v) is 3.12. The van der Waals surface area contributed by atoms with Crippen LogP contribution in [0, 0.1) is 0 Å². The monoisotopic (exact) mass is 287 g/mol. The van der Waals surface area contributed by atoms with Gasteiger partial charge in [-0.2, -0.15) is 0 Å². The SMILES string of the molecule is C=CCN1C(=O)/C(=C/c2ccccc2N)C(=O)NC1=S. The largest absolute Gasteiger partial charge is 0.398 e. The van der Waals surface area contributed by atoms with E-state index >= 15 is 0 Å². The molecule has 5 nitrogen and oxygen atoms in total. The lowest BCUT2D eigenvalue weighted by Crippen LogP contribution is -2.53. The quantitative estimate of drug-likeness (QED) is 0.287. The number of nitrogen functional groups attached to an aromatic ring is 1. The van der Waals surface area contributed by atoms with Crippen molar-refractivity contribution < 1.29 is 9.59 Å². The first kappa shape index (κ1) is 14.0. The Morgan fingerprint density at radius 2 is 2.05 bits per heavy atom. The predicted molar refractivity (Wildman–Crippen MR) is 81.5 cm³/mol. The molecule has 0 aromatic heterocycles. The molecule has 0 aliphatic carbocycles. The number of carbonyl (C=O) groups excluding carboxylic acids is 2. The van der Waals surface area contributed by atoms with Gasteiger partial charge in [0.2, 0.25) is 0 Å². The first-order valence-corrected chi connectivity index (χ1v) is 6.29. The number of benzene rings is 1. The smallest absolute Gasteiger partial charge is 0.265 e. The zero-order valence-corrected chi connectivity index (χ0v) is 11.4. The Hall–Kier alpha value is -2.47. The van der Waals surface area contributed by atoms with Crippen LogP contribution in [0.15, 0.2) is 42.5 Å². The molecule has 0 atom stereocenters. The number of amides is 2. The minimum Gasteiger partial charge on any atom is -0.398 e. The van der Waals surface area contributed by atoms with Gasteiger partial charge < -0.3 is 5.73 Å². The molecule has 1 fully saturated rings. The van der Waals surface area contributed by atoms with Crippen molar-refractivity contribution in [3.8, 4) is 0 Å². The van der Waals surface area contributed by atoms with Gasteiger partial charge in [-0.25, -0.2) is 0 Å². The average Bonchev–Trinajstić information content (AvgIpc) is 2.41. The Bertz CT molecular complexity index is 637. The van der Waals surface area contributed by atoms with Gasteiger partial charge in [0.25, 0.3) is 11.8 Å². The van der Waals surface area contributed by atoms with E-state index < -0.39 is 11.8 Å². The molecule has 0 radical (unpaired) electrons. The molecule has 1 aliphatic heterocycles. The Kier molecular flexibility index (Phi) is 3.95. The van der Waals surface area contributed by atoms with Crippen molar-refractivity contribution in [1.29, 1.82) is 0 Å². The predicted octanol–water partition coefficient (Wildman–Crippen LogP) is 1.08. The van der Waals surface area contributed by atoms with E-state index in [0.717, 1.165) is 0 Å². The second-order valence-corrected chi connectivity index (χ2v) is 4.54. The van der Waals surface area contributed by atoms with E-state index in [0.29, 0.717) is 11.3 Å². The fourth-order valence-electron chi connectivity index (χ4n) is 1.79. The van der Waals surface area contributed by atoms with Crippen molar-refractivity contribution in [2.45, 2.75) is 0 Å². The number of para-hydroxylation sites is 1. The third-order valence-electron chi connectivity index (χ3n) is 2.79. The van der Waals surface area contributed by atoms with Gasteiger partial charge in [-0.3, -0.25) is 19.8 Å². The molecule has 0 bridgehead atoms. The van der Waals surface area contributed by atoms with Gasteiger partial charge in [-0.15, -0.1) is 6.58 Å². The first-order valence-electron chi connectivity index (χ1n) is 5.89. The summed E-state index contributed by atoms with van der Waals surface area (Å²) in [7, 11) is 0. The summed E-state index contributed by atoms with van der Waals surface area (Å²) >= 11 is 4.96. The molecule has 1 saturated heterocycles. The molecule has 0 saturated carbocycles. The van der Waals surface area contributed by atoms with Crippen LogP contribution in [0.3, 0.4) is 0 Å². The highest BCUT2D eigenvalue weighted by molar-refractivity contribution is 7.80. The topological polar surface area (TPSA) is 75.4 Å². The second kappa shape index (κ2) is 5.66. The number of rotatable bonds is 3. The number of hydrogen-bond donors (Lipinski definition) is 2. The van der Waals surface area contributed by atoms with E-state index in [1.54, 1.807) is 24.3 Å². The average molecular weight is 287 g/mol. The van der Waals surface area contributed by atoms with Crippen LogP contribution in [0.2, 0.25) is 0 Å². The number of nitrogens with zero attached hydrogens (tertiary/aromatic N) is 1. The maximum Gasteiger partial charge on any atom is 0.265 e. The van der Waals surface area contributed by atoms with Gasteiger partial charge >= 0.3 is 0 Å². The summed E-state index contributed by atoms with van der Waals surface area (Å²) in [5.41, 5.74) is 6.90.